The first kappa shape index (κ1) is 14.6. The van der Waals surface area contributed by atoms with Gasteiger partial charge in [0.1, 0.15) is 18.0 Å². The number of nitrogens with zero attached hydrogens (tertiary/aromatic N) is 5. The summed E-state index contributed by atoms with van der Waals surface area (Å²) in [5, 5.41) is 17.0. The monoisotopic (exact) mass is 325 g/mol. The number of hydrogen-bond acceptors (Lipinski definition) is 6. The molecular formula is C16H15N5O3. The first-order chi connectivity index (χ1) is 11.7. The highest BCUT2D eigenvalue weighted by Crippen LogP contribution is 2.22. The minimum absolute atomic E-state index is 0.136. The number of pyridine rings is 1. The summed E-state index contributed by atoms with van der Waals surface area (Å²) in [7, 11) is 0. The molecule has 1 aliphatic rings. The van der Waals surface area contributed by atoms with E-state index in [1.54, 1.807) is 16.9 Å². The fourth-order valence-corrected chi connectivity index (χ4v) is 2.78. The Labute approximate surface area is 137 Å². The van der Waals surface area contributed by atoms with Crippen LogP contribution in [-0.2, 0) is 19.4 Å². The number of aromatic nitrogens is 5. The molecule has 1 N–H and O–H groups in total. The van der Waals surface area contributed by atoms with Crippen LogP contribution in [0.2, 0.25) is 0 Å². The molecule has 3 heterocycles. The van der Waals surface area contributed by atoms with Crippen molar-refractivity contribution in [3.8, 4) is 11.4 Å². The van der Waals surface area contributed by atoms with Crippen LogP contribution in [0.15, 0.2) is 28.9 Å². The molecule has 0 amide bonds. The standard InChI is InChI=1S/C16H15N5O3/c22-16(23)10-5-6-11(17-7-10)13-8-21(20-19-13)9-15-18-12-3-1-2-4-14(12)24-15/h5-8H,1-4,9H2,(H,22,23). The molecule has 0 spiro atoms. The number of carboxylic acids is 1. The molecule has 1 aliphatic carbocycles. The van der Waals surface area contributed by atoms with E-state index in [0.29, 0.717) is 23.8 Å². The maximum Gasteiger partial charge on any atom is 0.337 e. The Morgan fingerprint density at radius 1 is 1.25 bits per heavy atom. The molecule has 122 valence electrons. The summed E-state index contributed by atoms with van der Waals surface area (Å²) in [4.78, 5) is 19.5. The van der Waals surface area contributed by atoms with Crippen molar-refractivity contribution >= 4 is 5.97 Å². The molecule has 0 bridgehead atoms. The van der Waals surface area contributed by atoms with E-state index < -0.39 is 5.97 Å². The van der Waals surface area contributed by atoms with Crippen molar-refractivity contribution in [2.45, 2.75) is 32.2 Å². The van der Waals surface area contributed by atoms with Gasteiger partial charge in [-0.25, -0.2) is 14.5 Å². The average Bonchev–Trinajstić information content (AvgIpc) is 3.21. The number of aryl methyl sites for hydroxylation is 2. The smallest absolute Gasteiger partial charge is 0.337 e. The van der Waals surface area contributed by atoms with Gasteiger partial charge in [-0.2, -0.15) is 0 Å². The quantitative estimate of drug-likeness (QED) is 0.781. The van der Waals surface area contributed by atoms with Crippen molar-refractivity contribution in [1.29, 1.82) is 0 Å². The fourth-order valence-electron chi connectivity index (χ4n) is 2.78. The van der Waals surface area contributed by atoms with E-state index in [4.69, 9.17) is 9.52 Å². The van der Waals surface area contributed by atoms with Crippen molar-refractivity contribution in [1.82, 2.24) is 25.0 Å². The van der Waals surface area contributed by atoms with Gasteiger partial charge in [0.05, 0.1) is 23.1 Å². The number of carboxylic acid groups (broad SMARTS) is 1. The van der Waals surface area contributed by atoms with Gasteiger partial charge in [0, 0.05) is 12.6 Å². The molecule has 0 unspecified atom stereocenters. The lowest BCUT2D eigenvalue weighted by Gasteiger charge is -2.05. The highest BCUT2D eigenvalue weighted by atomic mass is 16.4. The highest BCUT2D eigenvalue weighted by molar-refractivity contribution is 5.87. The number of hydrogen-bond donors (Lipinski definition) is 1. The van der Waals surface area contributed by atoms with Crippen LogP contribution in [0.4, 0.5) is 0 Å². The minimum Gasteiger partial charge on any atom is -0.478 e. The van der Waals surface area contributed by atoms with Crippen LogP contribution >= 0.6 is 0 Å². The van der Waals surface area contributed by atoms with Gasteiger partial charge in [-0.1, -0.05) is 5.21 Å². The summed E-state index contributed by atoms with van der Waals surface area (Å²) >= 11 is 0. The van der Waals surface area contributed by atoms with Gasteiger partial charge in [-0.15, -0.1) is 5.10 Å². The van der Waals surface area contributed by atoms with Crippen molar-refractivity contribution in [3.05, 3.63) is 47.4 Å². The predicted molar refractivity (Wildman–Crippen MR) is 82.5 cm³/mol. The van der Waals surface area contributed by atoms with Crippen molar-refractivity contribution in [2.75, 3.05) is 0 Å². The van der Waals surface area contributed by atoms with Gasteiger partial charge in [-0.3, -0.25) is 4.98 Å². The molecule has 0 radical (unpaired) electrons. The average molecular weight is 325 g/mol. The van der Waals surface area contributed by atoms with E-state index in [1.807, 2.05) is 0 Å². The topological polar surface area (TPSA) is 107 Å². The van der Waals surface area contributed by atoms with E-state index in [-0.39, 0.29) is 5.56 Å². The molecule has 8 nitrogen and oxygen atoms in total. The van der Waals surface area contributed by atoms with Crippen molar-refractivity contribution in [3.63, 3.8) is 0 Å². The van der Waals surface area contributed by atoms with Gasteiger partial charge < -0.3 is 9.52 Å². The van der Waals surface area contributed by atoms with Crippen molar-refractivity contribution in [2.24, 2.45) is 0 Å². The zero-order valence-corrected chi connectivity index (χ0v) is 12.8. The first-order valence-electron chi connectivity index (χ1n) is 7.76. The second kappa shape index (κ2) is 5.88. The Kier molecular flexibility index (Phi) is 3.56. The van der Waals surface area contributed by atoms with Crippen LogP contribution in [0.5, 0.6) is 0 Å². The third-order valence-corrected chi connectivity index (χ3v) is 4.00. The van der Waals surface area contributed by atoms with E-state index >= 15 is 0 Å². The van der Waals surface area contributed by atoms with Crippen LogP contribution in [-0.4, -0.2) is 36.0 Å². The molecule has 24 heavy (non-hydrogen) atoms. The third-order valence-electron chi connectivity index (χ3n) is 4.00. The van der Waals surface area contributed by atoms with Gasteiger partial charge in [0.25, 0.3) is 0 Å². The molecule has 0 saturated carbocycles. The number of carbonyl (C=O) groups is 1. The van der Waals surface area contributed by atoms with Crippen LogP contribution in [0.25, 0.3) is 11.4 Å². The summed E-state index contributed by atoms with van der Waals surface area (Å²) in [5.41, 5.74) is 2.33. The SMILES string of the molecule is O=C(O)c1ccc(-c2cn(Cc3nc4c(o3)CCCC4)nn2)nc1. The Hall–Kier alpha value is -3.03. The second-order valence-electron chi connectivity index (χ2n) is 5.72. The fraction of sp³-hybridized carbons (Fsp3) is 0.312. The largest absolute Gasteiger partial charge is 0.478 e. The number of fused-ring (bicyclic) bond motifs is 1. The lowest BCUT2D eigenvalue weighted by atomic mass is 10.0. The second-order valence-corrected chi connectivity index (χ2v) is 5.72. The molecular weight excluding hydrogens is 310 g/mol. The number of rotatable bonds is 4. The maximum atomic E-state index is 10.9. The van der Waals surface area contributed by atoms with Gasteiger partial charge in [-0.05, 0) is 31.4 Å². The van der Waals surface area contributed by atoms with Crippen LogP contribution in [0, 0.1) is 0 Å². The zero-order chi connectivity index (χ0) is 16.5. The molecule has 0 saturated heterocycles. The zero-order valence-electron chi connectivity index (χ0n) is 12.8. The Bertz CT molecular complexity index is 858. The number of oxazole rings is 1. The number of aromatic carboxylic acids is 1. The Morgan fingerprint density at radius 2 is 2.12 bits per heavy atom. The predicted octanol–water partition coefficient (Wildman–Crippen LogP) is 1.95. The van der Waals surface area contributed by atoms with Crippen LogP contribution in [0.3, 0.4) is 0 Å². The molecule has 4 rings (SSSR count). The highest BCUT2D eigenvalue weighted by Gasteiger charge is 2.17. The summed E-state index contributed by atoms with van der Waals surface area (Å²) in [5.74, 6) is 0.612. The molecule has 0 atom stereocenters. The summed E-state index contributed by atoms with van der Waals surface area (Å²) in [6.45, 7) is 0.410. The lowest BCUT2D eigenvalue weighted by Crippen LogP contribution is -2.01. The van der Waals surface area contributed by atoms with Gasteiger partial charge >= 0.3 is 5.97 Å². The molecule has 0 aromatic carbocycles. The molecule has 0 fully saturated rings. The first-order valence-corrected chi connectivity index (χ1v) is 7.76. The Balaban J connectivity index is 1.52. The molecule has 3 aromatic heterocycles. The molecule has 8 heteroatoms. The third kappa shape index (κ3) is 2.78. The molecule has 3 aromatic rings. The Morgan fingerprint density at radius 3 is 2.88 bits per heavy atom. The van der Waals surface area contributed by atoms with E-state index in [0.717, 1.165) is 37.1 Å². The molecule has 0 aliphatic heterocycles. The minimum atomic E-state index is -1.01. The van der Waals surface area contributed by atoms with E-state index in [2.05, 4.69) is 20.3 Å². The lowest BCUT2D eigenvalue weighted by molar-refractivity contribution is 0.0696. The normalized spacial score (nSPS) is 13.7. The van der Waals surface area contributed by atoms with Gasteiger partial charge in [0.2, 0.25) is 5.89 Å². The summed E-state index contributed by atoms with van der Waals surface area (Å²) in [6, 6.07) is 3.10. The van der Waals surface area contributed by atoms with Crippen LogP contribution in [0.1, 0.15) is 40.5 Å². The van der Waals surface area contributed by atoms with Crippen molar-refractivity contribution < 1.29 is 14.3 Å². The van der Waals surface area contributed by atoms with E-state index in [9.17, 15) is 4.79 Å². The summed E-state index contributed by atoms with van der Waals surface area (Å²) < 4.78 is 7.42. The summed E-state index contributed by atoms with van der Waals surface area (Å²) in [6.07, 6.45) is 7.27. The van der Waals surface area contributed by atoms with E-state index in [1.165, 1.54) is 12.3 Å². The maximum absolute atomic E-state index is 10.9. The van der Waals surface area contributed by atoms with Gasteiger partial charge in [0.15, 0.2) is 0 Å². The van der Waals surface area contributed by atoms with Crippen LogP contribution < -0.4 is 0 Å².